The zero-order valence-corrected chi connectivity index (χ0v) is 14.1. The van der Waals surface area contributed by atoms with Crippen LogP contribution in [0.2, 0.25) is 0 Å². The summed E-state index contributed by atoms with van der Waals surface area (Å²) in [5.41, 5.74) is 2.04. The molecule has 0 aliphatic rings. The van der Waals surface area contributed by atoms with Crippen molar-refractivity contribution in [2.75, 3.05) is 24.7 Å². The van der Waals surface area contributed by atoms with Gasteiger partial charge in [-0.3, -0.25) is 4.79 Å². The minimum Gasteiger partial charge on any atom is -0.353 e. The summed E-state index contributed by atoms with van der Waals surface area (Å²) in [6, 6.07) is 7.91. The Labute approximate surface area is 133 Å². The van der Waals surface area contributed by atoms with Crippen molar-refractivity contribution in [3.05, 3.63) is 35.4 Å². The van der Waals surface area contributed by atoms with Gasteiger partial charge in [0.05, 0.1) is 5.75 Å². The highest BCUT2D eigenvalue weighted by Crippen LogP contribution is 2.27. The normalized spacial score (nSPS) is 10.6. The van der Waals surface area contributed by atoms with Gasteiger partial charge in [0.15, 0.2) is 10.1 Å². The average Bonchev–Trinajstić information content (AvgIpc) is 2.95. The van der Waals surface area contributed by atoms with E-state index in [9.17, 15) is 4.79 Å². The molecular formula is C15H19N3OS2. The van der Waals surface area contributed by atoms with Crippen molar-refractivity contribution < 1.29 is 4.79 Å². The Hall–Kier alpha value is -1.40. The minimum absolute atomic E-state index is 0.129. The zero-order valence-electron chi connectivity index (χ0n) is 12.5. The van der Waals surface area contributed by atoms with E-state index in [1.54, 1.807) is 0 Å². The van der Waals surface area contributed by atoms with E-state index in [1.807, 2.05) is 43.3 Å². The van der Waals surface area contributed by atoms with E-state index < -0.39 is 0 Å². The van der Waals surface area contributed by atoms with E-state index in [2.05, 4.69) is 17.1 Å². The predicted molar refractivity (Wildman–Crippen MR) is 89.7 cm³/mol. The van der Waals surface area contributed by atoms with Crippen molar-refractivity contribution in [1.29, 1.82) is 0 Å². The van der Waals surface area contributed by atoms with Gasteiger partial charge in [0.2, 0.25) is 5.13 Å². The van der Waals surface area contributed by atoms with Crippen LogP contribution in [0.3, 0.4) is 0 Å². The molecular weight excluding hydrogens is 302 g/mol. The van der Waals surface area contributed by atoms with Crippen LogP contribution in [0.15, 0.2) is 28.6 Å². The smallest absolute Gasteiger partial charge is 0.208 e. The van der Waals surface area contributed by atoms with Crippen molar-refractivity contribution in [1.82, 2.24) is 10.2 Å². The number of carbonyl (C=O) groups is 1. The molecule has 2 rings (SSSR count). The Morgan fingerprint density at radius 1 is 1.24 bits per heavy atom. The van der Waals surface area contributed by atoms with E-state index in [-0.39, 0.29) is 5.78 Å². The highest BCUT2D eigenvalue weighted by atomic mass is 32.2. The fraction of sp³-hybridized carbons (Fsp3) is 0.400. The van der Waals surface area contributed by atoms with Crippen LogP contribution in [0.4, 0.5) is 5.13 Å². The molecule has 0 aliphatic carbocycles. The molecule has 0 amide bonds. The molecule has 21 heavy (non-hydrogen) atoms. The first-order chi connectivity index (χ1) is 10.1. The number of benzene rings is 1. The van der Waals surface area contributed by atoms with Crippen molar-refractivity contribution in [2.24, 2.45) is 0 Å². The summed E-state index contributed by atoms with van der Waals surface area (Å²) in [5.74, 6) is 0.527. The van der Waals surface area contributed by atoms with Gasteiger partial charge in [-0.2, -0.15) is 0 Å². The summed E-state index contributed by atoms with van der Waals surface area (Å²) in [6.07, 6.45) is 2.18. The molecule has 2 aromatic rings. The van der Waals surface area contributed by atoms with Gasteiger partial charge in [-0.05, 0) is 12.0 Å². The summed E-state index contributed by atoms with van der Waals surface area (Å²) in [6.45, 7) is 2.15. The number of Topliss-reactive ketones (excluding diaryl/α,β-unsaturated/α-hetero) is 1. The molecule has 0 unspecified atom stereocenters. The van der Waals surface area contributed by atoms with Crippen LogP contribution in [-0.2, 0) is 6.42 Å². The van der Waals surface area contributed by atoms with Crippen molar-refractivity contribution in [2.45, 2.75) is 24.1 Å². The monoisotopic (exact) mass is 321 g/mol. The third-order valence-electron chi connectivity index (χ3n) is 2.92. The first-order valence-electron chi connectivity index (χ1n) is 6.86. The average molecular weight is 321 g/mol. The zero-order chi connectivity index (χ0) is 15.2. The van der Waals surface area contributed by atoms with E-state index in [0.717, 1.165) is 27.9 Å². The molecule has 1 heterocycles. The van der Waals surface area contributed by atoms with Gasteiger partial charge in [-0.1, -0.05) is 60.7 Å². The molecule has 0 radical (unpaired) electrons. The Morgan fingerprint density at radius 3 is 2.52 bits per heavy atom. The standard InChI is InChI=1S/C15H19N3OS2/c1-4-5-11-6-8-12(9-7-11)13(19)10-20-15-17-16-14(21-15)18(2)3/h6-9H,4-5,10H2,1-3H3. The molecule has 0 atom stereocenters. The van der Waals surface area contributed by atoms with Crippen LogP contribution in [0.1, 0.15) is 29.3 Å². The molecule has 0 spiro atoms. The van der Waals surface area contributed by atoms with Gasteiger partial charge in [0.25, 0.3) is 0 Å². The molecule has 1 aromatic carbocycles. The van der Waals surface area contributed by atoms with Gasteiger partial charge in [0, 0.05) is 19.7 Å². The lowest BCUT2D eigenvalue weighted by molar-refractivity contribution is 0.102. The summed E-state index contributed by atoms with van der Waals surface area (Å²) < 4.78 is 0.828. The van der Waals surface area contributed by atoms with Crippen LogP contribution < -0.4 is 4.90 Å². The number of carbonyl (C=O) groups excluding carboxylic acids is 1. The van der Waals surface area contributed by atoms with E-state index >= 15 is 0 Å². The quantitative estimate of drug-likeness (QED) is 0.576. The number of thioether (sulfide) groups is 1. The Kier molecular flexibility index (Phi) is 5.76. The van der Waals surface area contributed by atoms with Crippen molar-refractivity contribution >= 4 is 34.0 Å². The maximum Gasteiger partial charge on any atom is 0.208 e. The highest BCUT2D eigenvalue weighted by molar-refractivity contribution is 8.01. The van der Waals surface area contributed by atoms with E-state index in [4.69, 9.17) is 0 Å². The lowest BCUT2D eigenvalue weighted by Crippen LogP contribution is -2.07. The van der Waals surface area contributed by atoms with Gasteiger partial charge in [0.1, 0.15) is 0 Å². The lowest BCUT2D eigenvalue weighted by atomic mass is 10.1. The molecule has 0 aliphatic heterocycles. The number of hydrogen-bond donors (Lipinski definition) is 0. The molecule has 0 saturated carbocycles. The van der Waals surface area contributed by atoms with Crippen molar-refractivity contribution in [3.8, 4) is 0 Å². The number of nitrogens with zero attached hydrogens (tertiary/aromatic N) is 3. The van der Waals surface area contributed by atoms with Crippen LogP contribution in [0, 0.1) is 0 Å². The van der Waals surface area contributed by atoms with Gasteiger partial charge < -0.3 is 4.90 Å². The summed E-state index contributed by atoms with van der Waals surface area (Å²) >= 11 is 2.95. The summed E-state index contributed by atoms with van der Waals surface area (Å²) in [5, 5.41) is 9.00. The maximum absolute atomic E-state index is 12.2. The third-order valence-corrected chi connectivity index (χ3v) is 5.14. The molecule has 112 valence electrons. The summed E-state index contributed by atoms with van der Waals surface area (Å²) in [7, 11) is 3.86. The van der Waals surface area contributed by atoms with Gasteiger partial charge in [-0.25, -0.2) is 0 Å². The molecule has 6 heteroatoms. The van der Waals surface area contributed by atoms with Crippen LogP contribution in [0.5, 0.6) is 0 Å². The van der Waals surface area contributed by atoms with E-state index in [0.29, 0.717) is 5.75 Å². The number of ketones is 1. The molecule has 1 aromatic heterocycles. The highest BCUT2D eigenvalue weighted by Gasteiger charge is 2.10. The first-order valence-corrected chi connectivity index (χ1v) is 8.66. The number of aromatic nitrogens is 2. The molecule has 0 bridgehead atoms. The first kappa shape index (κ1) is 16.0. The van der Waals surface area contributed by atoms with Crippen molar-refractivity contribution in [3.63, 3.8) is 0 Å². The minimum atomic E-state index is 0.129. The molecule has 4 nitrogen and oxygen atoms in total. The Bertz CT molecular complexity index is 593. The van der Waals surface area contributed by atoms with Crippen LogP contribution >= 0.6 is 23.1 Å². The number of anilines is 1. The second-order valence-electron chi connectivity index (χ2n) is 4.90. The second kappa shape index (κ2) is 7.56. The van der Waals surface area contributed by atoms with E-state index in [1.165, 1.54) is 28.7 Å². The van der Waals surface area contributed by atoms with Gasteiger partial charge >= 0.3 is 0 Å². The fourth-order valence-corrected chi connectivity index (χ4v) is 3.46. The summed E-state index contributed by atoms with van der Waals surface area (Å²) in [4.78, 5) is 14.1. The third kappa shape index (κ3) is 4.54. The fourth-order valence-electron chi connectivity index (χ4n) is 1.80. The Balaban J connectivity index is 1.91. The Morgan fingerprint density at radius 2 is 1.95 bits per heavy atom. The maximum atomic E-state index is 12.2. The second-order valence-corrected chi connectivity index (χ2v) is 7.08. The number of hydrogen-bond acceptors (Lipinski definition) is 6. The van der Waals surface area contributed by atoms with Gasteiger partial charge in [-0.15, -0.1) is 10.2 Å². The number of rotatable bonds is 7. The molecule has 0 saturated heterocycles. The lowest BCUT2D eigenvalue weighted by Gasteiger charge is -2.04. The SMILES string of the molecule is CCCc1ccc(C(=O)CSc2nnc(N(C)C)s2)cc1. The number of aryl methyl sites for hydroxylation is 1. The largest absolute Gasteiger partial charge is 0.353 e. The topological polar surface area (TPSA) is 46.1 Å². The van der Waals surface area contributed by atoms with Crippen LogP contribution in [-0.4, -0.2) is 35.8 Å². The van der Waals surface area contributed by atoms with Crippen LogP contribution in [0.25, 0.3) is 0 Å². The predicted octanol–water partition coefficient (Wildman–Crippen LogP) is 3.53. The molecule has 0 fully saturated rings. The molecule has 0 N–H and O–H groups in total.